The molecule has 0 aliphatic carbocycles. The molecule has 1 aromatic carbocycles. The Hall–Kier alpha value is -2.58. The van der Waals surface area contributed by atoms with Gasteiger partial charge in [0.2, 0.25) is 0 Å². The summed E-state index contributed by atoms with van der Waals surface area (Å²) in [5, 5.41) is 11.9. The lowest BCUT2D eigenvalue weighted by atomic mass is 10.1. The first-order chi connectivity index (χ1) is 10.7. The van der Waals surface area contributed by atoms with Gasteiger partial charge in [0, 0.05) is 23.8 Å². The fraction of sp³-hybridized carbons (Fsp3) is 0.118. The normalized spacial score (nSPS) is 10.8. The van der Waals surface area contributed by atoms with Gasteiger partial charge in [-0.25, -0.2) is 0 Å². The van der Waals surface area contributed by atoms with Crippen LogP contribution < -0.4 is 5.32 Å². The molecule has 110 valence electrons. The monoisotopic (exact) mass is 309 g/mol. The van der Waals surface area contributed by atoms with Crippen molar-refractivity contribution in [3.05, 3.63) is 65.5 Å². The van der Waals surface area contributed by atoms with E-state index in [1.165, 1.54) is 0 Å². The maximum absolute atomic E-state index is 12.0. The fourth-order valence-electron chi connectivity index (χ4n) is 1.80. The number of nitrogens with one attached hydrogen (secondary N) is 1. The van der Waals surface area contributed by atoms with Crippen molar-refractivity contribution >= 4 is 23.7 Å². The minimum absolute atomic E-state index is 0.0841. The smallest absolute Gasteiger partial charge is 0.262 e. The Labute approximate surface area is 133 Å². The van der Waals surface area contributed by atoms with Crippen LogP contribution in [0.4, 0.5) is 0 Å². The molecule has 22 heavy (non-hydrogen) atoms. The molecule has 0 unspecified atom stereocenters. The largest absolute Gasteiger partial charge is 0.347 e. The second kappa shape index (κ2) is 8.01. The van der Waals surface area contributed by atoms with Crippen molar-refractivity contribution in [2.75, 3.05) is 6.26 Å². The molecule has 2 aromatic rings. The molecule has 0 atom stereocenters. The molecule has 0 radical (unpaired) electrons. The van der Waals surface area contributed by atoms with E-state index in [1.54, 1.807) is 36.3 Å². The van der Waals surface area contributed by atoms with Crippen LogP contribution >= 0.6 is 11.8 Å². The molecule has 0 aliphatic rings. The van der Waals surface area contributed by atoms with Gasteiger partial charge >= 0.3 is 0 Å². The molecule has 0 saturated carbocycles. The van der Waals surface area contributed by atoms with E-state index in [-0.39, 0.29) is 11.5 Å². The Bertz CT molecular complexity index is 703. The van der Waals surface area contributed by atoms with E-state index in [1.807, 2.05) is 42.7 Å². The number of carbonyl (C=O) groups excluding carboxylic acids is 1. The molecule has 0 spiro atoms. The second-order valence-electron chi connectivity index (χ2n) is 4.49. The van der Waals surface area contributed by atoms with Crippen molar-refractivity contribution in [1.82, 2.24) is 10.3 Å². The van der Waals surface area contributed by atoms with Gasteiger partial charge < -0.3 is 5.32 Å². The number of nitriles is 1. The van der Waals surface area contributed by atoms with Gasteiger partial charge in [-0.3, -0.25) is 9.78 Å². The van der Waals surface area contributed by atoms with Gasteiger partial charge in [-0.1, -0.05) is 18.2 Å². The summed E-state index contributed by atoms with van der Waals surface area (Å²) in [5.74, 6) is -0.389. The van der Waals surface area contributed by atoms with Gasteiger partial charge in [-0.2, -0.15) is 5.26 Å². The number of hydrogen-bond donors (Lipinski definition) is 1. The van der Waals surface area contributed by atoms with E-state index < -0.39 is 0 Å². The number of nitrogens with zero attached hydrogens (tertiary/aromatic N) is 2. The highest BCUT2D eigenvalue weighted by Crippen LogP contribution is 2.16. The van der Waals surface area contributed by atoms with Gasteiger partial charge in [0.1, 0.15) is 11.6 Å². The zero-order valence-electron chi connectivity index (χ0n) is 12.1. The summed E-state index contributed by atoms with van der Waals surface area (Å²) in [5.41, 5.74) is 1.80. The first-order valence-electron chi connectivity index (χ1n) is 6.66. The molecule has 5 heteroatoms. The first kappa shape index (κ1) is 15.8. The van der Waals surface area contributed by atoms with Crippen LogP contribution in [0.1, 0.15) is 11.1 Å². The van der Waals surface area contributed by atoms with Crippen molar-refractivity contribution in [1.29, 1.82) is 5.26 Å². The van der Waals surface area contributed by atoms with Crippen molar-refractivity contribution in [3.63, 3.8) is 0 Å². The summed E-state index contributed by atoms with van der Waals surface area (Å²) >= 11 is 1.64. The van der Waals surface area contributed by atoms with Gasteiger partial charge in [0.25, 0.3) is 5.91 Å². The number of benzene rings is 1. The molecule has 2 rings (SSSR count). The Morgan fingerprint density at radius 2 is 2.14 bits per heavy atom. The highest BCUT2D eigenvalue weighted by Gasteiger charge is 2.08. The van der Waals surface area contributed by atoms with Gasteiger partial charge in [0.05, 0.1) is 0 Å². The number of amides is 1. The average Bonchev–Trinajstić information content (AvgIpc) is 2.59. The third-order valence-electron chi connectivity index (χ3n) is 2.97. The zero-order chi connectivity index (χ0) is 15.8. The third-order valence-corrected chi connectivity index (χ3v) is 3.71. The molecule has 0 bridgehead atoms. The van der Waals surface area contributed by atoms with Crippen molar-refractivity contribution < 1.29 is 4.79 Å². The van der Waals surface area contributed by atoms with E-state index in [0.29, 0.717) is 6.54 Å². The highest BCUT2D eigenvalue weighted by molar-refractivity contribution is 7.98. The Morgan fingerprint density at radius 1 is 1.36 bits per heavy atom. The molecule has 0 fully saturated rings. The second-order valence-corrected chi connectivity index (χ2v) is 5.37. The summed E-state index contributed by atoms with van der Waals surface area (Å²) in [6, 6.07) is 13.3. The van der Waals surface area contributed by atoms with Crippen LogP contribution in [-0.2, 0) is 11.3 Å². The summed E-state index contributed by atoms with van der Waals surface area (Å²) in [4.78, 5) is 17.2. The Kier molecular flexibility index (Phi) is 5.75. The molecule has 1 heterocycles. The number of thioether (sulfide) groups is 1. The molecular formula is C17H15N3OS. The van der Waals surface area contributed by atoms with E-state index in [9.17, 15) is 4.79 Å². The van der Waals surface area contributed by atoms with Crippen molar-refractivity contribution in [2.45, 2.75) is 11.4 Å². The van der Waals surface area contributed by atoms with E-state index in [2.05, 4.69) is 10.3 Å². The lowest BCUT2D eigenvalue weighted by Crippen LogP contribution is -2.23. The van der Waals surface area contributed by atoms with Crippen LogP contribution in [-0.4, -0.2) is 17.1 Å². The first-order valence-corrected chi connectivity index (χ1v) is 7.88. The fourth-order valence-corrected chi connectivity index (χ4v) is 2.20. The van der Waals surface area contributed by atoms with Crippen LogP contribution in [0.2, 0.25) is 0 Å². The standard InChI is InChI=1S/C17H15N3OS/c1-22-16-6-4-13(5-7-16)9-15(10-18)17(21)20-12-14-3-2-8-19-11-14/h2-9,11H,12H2,1H3,(H,20,21). The van der Waals surface area contributed by atoms with Gasteiger partial charge in [0.15, 0.2) is 0 Å². The van der Waals surface area contributed by atoms with Crippen LogP contribution in [0.5, 0.6) is 0 Å². The SMILES string of the molecule is CSc1ccc(C=C(C#N)C(=O)NCc2cccnc2)cc1. The lowest BCUT2D eigenvalue weighted by molar-refractivity contribution is -0.117. The van der Waals surface area contributed by atoms with Gasteiger partial charge in [-0.05, 0) is 41.7 Å². The van der Waals surface area contributed by atoms with Crippen LogP contribution in [0.3, 0.4) is 0 Å². The summed E-state index contributed by atoms with van der Waals surface area (Å²) in [7, 11) is 0. The molecular weight excluding hydrogens is 294 g/mol. The molecule has 0 aliphatic heterocycles. The van der Waals surface area contributed by atoms with E-state index in [4.69, 9.17) is 5.26 Å². The van der Waals surface area contributed by atoms with Gasteiger partial charge in [-0.15, -0.1) is 11.8 Å². The number of carbonyl (C=O) groups is 1. The predicted octanol–water partition coefficient (Wildman–Crippen LogP) is 3.03. The quantitative estimate of drug-likeness (QED) is 0.524. The minimum Gasteiger partial charge on any atom is -0.347 e. The van der Waals surface area contributed by atoms with Crippen molar-refractivity contribution in [3.8, 4) is 6.07 Å². The number of hydrogen-bond acceptors (Lipinski definition) is 4. The average molecular weight is 309 g/mol. The predicted molar refractivity (Wildman–Crippen MR) is 87.9 cm³/mol. The number of rotatable bonds is 5. The Morgan fingerprint density at radius 3 is 2.73 bits per heavy atom. The van der Waals surface area contributed by atoms with Crippen LogP contribution in [0.25, 0.3) is 6.08 Å². The maximum Gasteiger partial charge on any atom is 0.262 e. The van der Waals surface area contributed by atoms with E-state index >= 15 is 0 Å². The summed E-state index contributed by atoms with van der Waals surface area (Å²) in [6.07, 6.45) is 6.93. The lowest BCUT2D eigenvalue weighted by Gasteiger charge is -2.04. The van der Waals surface area contributed by atoms with Crippen LogP contribution in [0.15, 0.2) is 59.3 Å². The highest BCUT2D eigenvalue weighted by atomic mass is 32.2. The molecule has 1 aromatic heterocycles. The van der Waals surface area contributed by atoms with Crippen LogP contribution in [0, 0.1) is 11.3 Å². The molecule has 4 nitrogen and oxygen atoms in total. The van der Waals surface area contributed by atoms with E-state index in [0.717, 1.165) is 16.0 Å². The molecule has 1 amide bonds. The maximum atomic E-state index is 12.0. The summed E-state index contributed by atoms with van der Waals surface area (Å²) in [6.45, 7) is 0.344. The molecule has 0 saturated heterocycles. The minimum atomic E-state index is -0.389. The molecule has 1 N–H and O–H groups in total. The number of aromatic nitrogens is 1. The topological polar surface area (TPSA) is 65.8 Å². The zero-order valence-corrected chi connectivity index (χ0v) is 12.9. The Balaban J connectivity index is 2.04. The number of pyridine rings is 1. The third kappa shape index (κ3) is 4.47. The summed E-state index contributed by atoms with van der Waals surface area (Å²) < 4.78 is 0. The van der Waals surface area contributed by atoms with Crippen molar-refractivity contribution in [2.24, 2.45) is 0 Å².